The van der Waals surface area contributed by atoms with Crippen molar-refractivity contribution in [3.05, 3.63) is 30.2 Å². The number of hydrogen-bond acceptors (Lipinski definition) is 2. The minimum absolute atomic E-state index is 0.802. The molecule has 1 aromatic heterocycles. The van der Waals surface area contributed by atoms with Gasteiger partial charge in [-0.3, -0.25) is 0 Å². The molecule has 1 aromatic carbocycles. The fourth-order valence-corrected chi connectivity index (χ4v) is 4.31. The third kappa shape index (κ3) is 1.57. The van der Waals surface area contributed by atoms with E-state index < -0.39 is 0 Å². The molecule has 2 rings (SSSR count). The maximum absolute atomic E-state index is 8.94. The summed E-state index contributed by atoms with van der Waals surface area (Å²) in [5.74, 6) is 0. The molecular formula is C9H3I2NS. The summed E-state index contributed by atoms with van der Waals surface area (Å²) in [6.07, 6.45) is 0. The van der Waals surface area contributed by atoms with Crippen LogP contribution in [0.2, 0.25) is 0 Å². The van der Waals surface area contributed by atoms with Crippen molar-refractivity contribution in [2.45, 2.75) is 0 Å². The van der Waals surface area contributed by atoms with Gasteiger partial charge in [0.05, 0.1) is 5.56 Å². The zero-order valence-corrected chi connectivity index (χ0v) is 11.5. The lowest BCUT2D eigenvalue weighted by atomic mass is 10.2. The lowest BCUT2D eigenvalue weighted by Gasteiger charge is -1.99. The van der Waals surface area contributed by atoms with Crippen molar-refractivity contribution in [3.8, 4) is 6.07 Å². The summed E-state index contributed by atoms with van der Waals surface area (Å²) in [6.45, 7) is 0. The quantitative estimate of drug-likeness (QED) is 0.602. The first-order valence-electron chi connectivity index (χ1n) is 3.49. The SMILES string of the molecule is N#Cc1c(I)cc2ccsc2c1I. The molecule has 0 aliphatic carbocycles. The van der Waals surface area contributed by atoms with Crippen LogP contribution in [0.1, 0.15) is 5.56 Å². The predicted molar refractivity (Wildman–Crippen MR) is 72.0 cm³/mol. The minimum atomic E-state index is 0.802. The fourth-order valence-electron chi connectivity index (χ4n) is 1.14. The molecule has 1 nitrogen and oxygen atoms in total. The molecule has 0 amide bonds. The molecule has 64 valence electrons. The predicted octanol–water partition coefficient (Wildman–Crippen LogP) is 3.98. The van der Waals surface area contributed by atoms with Crippen LogP contribution in [0.5, 0.6) is 0 Å². The van der Waals surface area contributed by atoms with Gasteiger partial charge >= 0.3 is 0 Å². The molecule has 0 aliphatic rings. The van der Waals surface area contributed by atoms with Crippen molar-refractivity contribution in [2.24, 2.45) is 0 Å². The lowest BCUT2D eigenvalue weighted by molar-refractivity contribution is 1.47. The van der Waals surface area contributed by atoms with Crippen LogP contribution in [0.25, 0.3) is 10.1 Å². The summed E-state index contributed by atoms with van der Waals surface area (Å²) in [5.41, 5.74) is 0.802. The molecule has 0 aliphatic heterocycles. The molecule has 0 bridgehead atoms. The summed E-state index contributed by atoms with van der Waals surface area (Å²) in [6, 6.07) is 6.39. The van der Waals surface area contributed by atoms with Crippen molar-refractivity contribution >= 4 is 66.6 Å². The van der Waals surface area contributed by atoms with E-state index in [1.807, 2.05) is 0 Å². The van der Waals surface area contributed by atoms with Gasteiger partial charge in [0.15, 0.2) is 0 Å². The van der Waals surface area contributed by atoms with Gasteiger partial charge in [-0.2, -0.15) is 5.26 Å². The zero-order chi connectivity index (χ0) is 9.42. The molecule has 0 saturated carbocycles. The van der Waals surface area contributed by atoms with Crippen LogP contribution in [0.3, 0.4) is 0 Å². The van der Waals surface area contributed by atoms with Crippen LogP contribution >= 0.6 is 56.5 Å². The number of nitrogens with zero attached hydrogens (tertiary/aromatic N) is 1. The van der Waals surface area contributed by atoms with Crippen LogP contribution in [0.15, 0.2) is 17.5 Å². The fraction of sp³-hybridized carbons (Fsp3) is 0. The Morgan fingerprint density at radius 2 is 2.15 bits per heavy atom. The maximum atomic E-state index is 8.94. The molecule has 0 fully saturated rings. The number of nitriles is 1. The molecule has 13 heavy (non-hydrogen) atoms. The van der Waals surface area contributed by atoms with Gasteiger partial charge in [-0.15, -0.1) is 11.3 Å². The Hall–Kier alpha value is 0.130. The molecule has 0 saturated heterocycles. The lowest BCUT2D eigenvalue weighted by Crippen LogP contribution is -1.86. The van der Waals surface area contributed by atoms with Crippen molar-refractivity contribution in [2.75, 3.05) is 0 Å². The molecule has 0 radical (unpaired) electrons. The highest BCUT2D eigenvalue weighted by Crippen LogP contribution is 2.31. The average molecular weight is 411 g/mol. The Morgan fingerprint density at radius 3 is 2.85 bits per heavy atom. The normalized spacial score (nSPS) is 10.2. The summed E-state index contributed by atoms with van der Waals surface area (Å²) < 4.78 is 3.34. The van der Waals surface area contributed by atoms with Gasteiger partial charge < -0.3 is 0 Å². The monoisotopic (exact) mass is 411 g/mol. The number of rotatable bonds is 0. The van der Waals surface area contributed by atoms with E-state index in [1.165, 1.54) is 10.1 Å². The topological polar surface area (TPSA) is 23.8 Å². The van der Waals surface area contributed by atoms with Crippen LogP contribution in [-0.2, 0) is 0 Å². The van der Waals surface area contributed by atoms with Gasteiger partial charge in [-0.25, -0.2) is 0 Å². The maximum Gasteiger partial charge on any atom is 0.101 e. The van der Waals surface area contributed by atoms with Gasteiger partial charge in [-0.05, 0) is 68.1 Å². The summed E-state index contributed by atoms with van der Waals surface area (Å²) in [4.78, 5) is 0. The minimum Gasteiger partial charge on any atom is -0.192 e. The molecule has 0 atom stereocenters. The molecule has 4 heteroatoms. The first kappa shape index (κ1) is 9.68. The van der Waals surface area contributed by atoms with Gasteiger partial charge in [0.2, 0.25) is 0 Å². The summed E-state index contributed by atoms with van der Waals surface area (Å²) in [5, 5.41) is 12.2. The van der Waals surface area contributed by atoms with E-state index in [0.29, 0.717) is 0 Å². The van der Waals surface area contributed by atoms with Crippen molar-refractivity contribution in [1.29, 1.82) is 5.26 Å². The molecule has 0 N–H and O–H groups in total. The average Bonchev–Trinajstić information content (AvgIpc) is 2.53. The third-order valence-corrected chi connectivity index (χ3v) is 4.99. The molecule has 0 unspecified atom stereocenters. The van der Waals surface area contributed by atoms with Crippen LogP contribution in [0, 0.1) is 18.5 Å². The number of hydrogen-bond donors (Lipinski definition) is 0. The first-order valence-corrected chi connectivity index (χ1v) is 6.53. The van der Waals surface area contributed by atoms with Crippen molar-refractivity contribution in [1.82, 2.24) is 0 Å². The van der Waals surface area contributed by atoms with Crippen LogP contribution in [-0.4, -0.2) is 0 Å². The Balaban J connectivity index is 2.95. The van der Waals surface area contributed by atoms with E-state index in [-0.39, 0.29) is 0 Å². The molecular weight excluding hydrogens is 408 g/mol. The van der Waals surface area contributed by atoms with E-state index in [4.69, 9.17) is 5.26 Å². The first-order chi connectivity index (χ1) is 6.24. The Kier molecular flexibility index (Phi) is 2.76. The second-order valence-corrected chi connectivity index (χ2v) is 5.66. The second kappa shape index (κ2) is 3.71. The van der Waals surface area contributed by atoms with Gasteiger partial charge in [-0.1, -0.05) is 0 Å². The Labute approximate surface area is 107 Å². The highest BCUT2D eigenvalue weighted by molar-refractivity contribution is 14.1. The largest absolute Gasteiger partial charge is 0.192 e. The highest BCUT2D eigenvalue weighted by Gasteiger charge is 2.09. The second-order valence-electron chi connectivity index (χ2n) is 2.50. The van der Waals surface area contributed by atoms with Gasteiger partial charge in [0.25, 0.3) is 0 Å². The number of thiophene rings is 1. The van der Waals surface area contributed by atoms with Crippen molar-refractivity contribution < 1.29 is 0 Å². The summed E-state index contributed by atoms with van der Waals surface area (Å²) in [7, 11) is 0. The number of benzene rings is 1. The van der Waals surface area contributed by atoms with Gasteiger partial charge in [0.1, 0.15) is 6.07 Å². The van der Waals surface area contributed by atoms with E-state index in [1.54, 1.807) is 11.3 Å². The summed E-state index contributed by atoms with van der Waals surface area (Å²) >= 11 is 6.14. The number of halogens is 2. The third-order valence-electron chi connectivity index (χ3n) is 1.75. The molecule has 1 heterocycles. The van der Waals surface area contributed by atoms with E-state index in [9.17, 15) is 0 Å². The molecule has 0 spiro atoms. The van der Waals surface area contributed by atoms with Crippen LogP contribution < -0.4 is 0 Å². The van der Waals surface area contributed by atoms with E-state index >= 15 is 0 Å². The molecule has 2 aromatic rings. The smallest absolute Gasteiger partial charge is 0.101 e. The van der Waals surface area contributed by atoms with Gasteiger partial charge in [0, 0.05) is 11.8 Å². The highest BCUT2D eigenvalue weighted by atomic mass is 127. The van der Waals surface area contributed by atoms with E-state index in [0.717, 1.165) is 12.7 Å². The zero-order valence-electron chi connectivity index (χ0n) is 6.34. The van der Waals surface area contributed by atoms with E-state index in [2.05, 4.69) is 68.8 Å². The van der Waals surface area contributed by atoms with Crippen LogP contribution in [0.4, 0.5) is 0 Å². The Morgan fingerprint density at radius 1 is 1.38 bits per heavy atom. The standard InChI is InChI=1S/C9H3I2NS/c10-7-3-5-1-2-13-9(5)8(11)6(7)4-12/h1-3H. The Bertz CT molecular complexity index is 510. The number of fused-ring (bicyclic) bond motifs is 1. The van der Waals surface area contributed by atoms with Crippen molar-refractivity contribution in [3.63, 3.8) is 0 Å².